The second kappa shape index (κ2) is 8.72. The maximum Gasteiger partial charge on any atom is 0.220 e. The van der Waals surface area contributed by atoms with Crippen molar-refractivity contribution in [3.8, 4) is 0 Å². The maximum absolute atomic E-state index is 12.8. The SMILES string of the molecule is CCCCCCc1ccccc1C(=O)C1CCCCC(=O)N1. The molecule has 1 aromatic carbocycles. The van der Waals surface area contributed by atoms with Gasteiger partial charge in [-0.15, -0.1) is 0 Å². The second-order valence-corrected chi connectivity index (χ2v) is 6.20. The van der Waals surface area contributed by atoms with Gasteiger partial charge in [-0.2, -0.15) is 0 Å². The number of nitrogens with one attached hydrogen (secondary N) is 1. The number of carbonyl (C=O) groups is 2. The third-order valence-electron chi connectivity index (χ3n) is 4.38. The fourth-order valence-electron chi connectivity index (χ4n) is 3.08. The molecule has 22 heavy (non-hydrogen) atoms. The molecular weight excluding hydrogens is 274 g/mol. The summed E-state index contributed by atoms with van der Waals surface area (Å²) < 4.78 is 0. The predicted molar refractivity (Wildman–Crippen MR) is 89.0 cm³/mol. The number of hydrogen-bond donors (Lipinski definition) is 1. The maximum atomic E-state index is 12.8. The molecule has 0 spiro atoms. The molecule has 0 bridgehead atoms. The molecule has 3 heteroatoms. The van der Waals surface area contributed by atoms with Gasteiger partial charge in [0.15, 0.2) is 5.78 Å². The summed E-state index contributed by atoms with van der Waals surface area (Å²) >= 11 is 0. The lowest BCUT2D eigenvalue weighted by molar-refractivity contribution is -0.121. The Morgan fingerprint density at radius 1 is 1.18 bits per heavy atom. The van der Waals surface area contributed by atoms with Gasteiger partial charge in [0.25, 0.3) is 0 Å². The van der Waals surface area contributed by atoms with Crippen LogP contribution in [-0.2, 0) is 11.2 Å². The van der Waals surface area contributed by atoms with E-state index in [2.05, 4.69) is 18.3 Å². The molecular formula is C19H27NO2. The number of amides is 1. The van der Waals surface area contributed by atoms with Gasteiger partial charge in [0.1, 0.15) is 0 Å². The summed E-state index contributed by atoms with van der Waals surface area (Å²) in [7, 11) is 0. The lowest BCUT2D eigenvalue weighted by Gasteiger charge is -2.17. The molecule has 1 aromatic rings. The van der Waals surface area contributed by atoms with Crippen LogP contribution in [0.2, 0.25) is 0 Å². The van der Waals surface area contributed by atoms with Crippen LogP contribution in [0.4, 0.5) is 0 Å². The Bertz CT molecular complexity index is 510. The Kier molecular flexibility index (Phi) is 6.63. The normalized spacial score (nSPS) is 18.6. The fourth-order valence-corrected chi connectivity index (χ4v) is 3.08. The molecule has 0 saturated carbocycles. The van der Waals surface area contributed by atoms with E-state index >= 15 is 0 Å². The Morgan fingerprint density at radius 2 is 2.00 bits per heavy atom. The summed E-state index contributed by atoms with van der Waals surface area (Å²) in [5.41, 5.74) is 1.92. The van der Waals surface area contributed by atoms with E-state index in [0.717, 1.165) is 43.2 Å². The molecule has 2 rings (SSSR count). The molecule has 1 aliphatic rings. The average molecular weight is 301 g/mol. The predicted octanol–water partition coefficient (Wildman–Crippen LogP) is 4.05. The van der Waals surface area contributed by atoms with Gasteiger partial charge < -0.3 is 5.32 Å². The third-order valence-corrected chi connectivity index (χ3v) is 4.38. The van der Waals surface area contributed by atoms with Gasteiger partial charge >= 0.3 is 0 Å². The number of hydrogen-bond acceptors (Lipinski definition) is 2. The molecule has 1 atom stereocenters. The molecule has 3 nitrogen and oxygen atoms in total. The summed E-state index contributed by atoms with van der Waals surface area (Å²) in [5.74, 6) is 0.0950. The van der Waals surface area contributed by atoms with Crippen LogP contribution in [-0.4, -0.2) is 17.7 Å². The fraction of sp³-hybridized carbons (Fsp3) is 0.579. The number of Topliss-reactive ketones (excluding diaryl/α,β-unsaturated/α-hetero) is 1. The Hall–Kier alpha value is -1.64. The molecule has 1 saturated heterocycles. The lowest BCUT2D eigenvalue weighted by Crippen LogP contribution is -2.39. The van der Waals surface area contributed by atoms with Gasteiger partial charge in [-0.25, -0.2) is 0 Å². The lowest BCUT2D eigenvalue weighted by atomic mass is 9.93. The first-order valence-corrected chi connectivity index (χ1v) is 8.64. The first kappa shape index (κ1) is 16.7. The second-order valence-electron chi connectivity index (χ2n) is 6.20. The monoisotopic (exact) mass is 301 g/mol. The minimum absolute atomic E-state index is 0.0104. The standard InChI is InChI=1S/C19H27NO2/c1-2-3-4-5-10-15-11-6-7-12-16(15)19(22)17-13-8-9-14-18(21)20-17/h6-7,11-12,17H,2-5,8-10,13-14H2,1H3,(H,20,21). The van der Waals surface area contributed by atoms with Crippen LogP contribution in [0, 0.1) is 0 Å². The van der Waals surface area contributed by atoms with Gasteiger partial charge in [-0.05, 0) is 31.2 Å². The summed E-state index contributed by atoms with van der Waals surface area (Å²) in [4.78, 5) is 24.5. The topological polar surface area (TPSA) is 46.2 Å². The molecule has 1 unspecified atom stereocenters. The van der Waals surface area contributed by atoms with E-state index in [9.17, 15) is 9.59 Å². The van der Waals surface area contributed by atoms with E-state index in [1.165, 1.54) is 19.3 Å². The van der Waals surface area contributed by atoms with E-state index in [0.29, 0.717) is 6.42 Å². The highest BCUT2D eigenvalue weighted by Crippen LogP contribution is 2.19. The van der Waals surface area contributed by atoms with Crippen molar-refractivity contribution in [2.45, 2.75) is 70.8 Å². The smallest absolute Gasteiger partial charge is 0.220 e. The van der Waals surface area contributed by atoms with Crippen LogP contribution in [0.15, 0.2) is 24.3 Å². The van der Waals surface area contributed by atoms with Crippen molar-refractivity contribution in [3.63, 3.8) is 0 Å². The molecule has 0 aliphatic carbocycles. The zero-order valence-corrected chi connectivity index (χ0v) is 13.6. The summed E-state index contributed by atoms with van der Waals surface area (Å²) in [6.45, 7) is 2.20. The Balaban J connectivity index is 2.06. The number of carbonyl (C=O) groups excluding carboxylic acids is 2. The molecule has 1 fully saturated rings. The number of ketones is 1. The quantitative estimate of drug-likeness (QED) is 0.610. The summed E-state index contributed by atoms with van der Waals surface area (Å²) in [6.07, 6.45) is 8.86. The van der Waals surface area contributed by atoms with E-state index < -0.39 is 0 Å². The van der Waals surface area contributed by atoms with Crippen LogP contribution in [0.5, 0.6) is 0 Å². The van der Waals surface area contributed by atoms with Gasteiger partial charge in [-0.3, -0.25) is 9.59 Å². The van der Waals surface area contributed by atoms with Gasteiger partial charge in [0.05, 0.1) is 6.04 Å². The van der Waals surface area contributed by atoms with E-state index in [4.69, 9.17) is 0 Å². The minimum atomic E-state index is -0.341. The van der Waals surface area contributed by atoms with Crippen molar-refractivity contribution in [2.24, 2.45) is 0 Å². The first-order valence-electron chi connectivity index (χ1n) is 8.64. The van der Waals surface area contributed by atoms with Crippen molar-refractivity contribution >= 4 is 11.7 Å². The van der Waals surface area contributed by atoms with E-state index in [-0.39, 0.29) is 17.7 Å². The van der Waals surface area contributed by atoms with E-state index in [1.807, 2.05) is 18.2 Å². The number of rotatable bonds is 7. The van der Waals surface area contributed by atoms with Crippen molar-refractivity contribution in [1.82, 2.24) is 5.32 Å². The summed E-state index contributed by atoms with van der Waals surface area (Å²) in [6, 6.07) is 7.54. The molecule has 0 radical (unpaired) electrons. The van der Waals surface area contributed by atoms with Crippen LogP contribution in [0.3, 0.4) is 0 Å². The van der Waals surface area contributed by atoms with Crippen molar-refractivity contribution in [3.05, 3.63) is 35.4 Å². The number of unbranched alkanes of at least 4 members (excludes halogenated alkanes) is 3. The van der Waals surface area contributed by atoms with Crippen LogP contribution in [0.25, 0.3) is 0 Å². The Morgan fingerprint density at radius 3 is 2.82 bits per heavy atom. The van der Waals surface area contributed by atoms with E-state index in [1.54, 1.807) is 0 Å². The van der Waals surface area contributed by atoms with Gasteiger partial charge in [0.2, 0.25) is 5.91 Å². The van der Waals surface area contributed by atoms with Crippen molar-refractivity contribution in [1.29, 1.82) is 0 Å². The molecule has 1 amide bonds. The molecule has 120 valence electrons. The zero-order valence-electron chi connectivity index (χ0n) is 13.6. The molecule has 1 N–H and O–H groups in total. The van der Waals surface area contributed by atoms with Crippen molar-refractivity contribution < 1.29 is 9.59 Å². The van der Waals surface area contributed by atoms with Crippen LogP contribution >= 0.6 is 0 Å². The highest BCUT2D eigenvalue weighted by atomic mass is 16.2. The Labute approximate surface area is 133 Å². The number of aryl methyl sites for hydroxylation is 1. The molecule has 1 aliphatic heterocycles. The highest BCUT2D eigenvalue weighted by molar-refractivity contribution is 6.03. The molecule has 0 aromatic heterocycles. The van der Waals surface area contributed by atoms with Crippen LogP contribution in [0.1, 0.15) is 74.2 Å². The summed E-state index contributed by atoms with van der Waals surface area (Å²) in [5, 5.41) is 2.89. The molecule has 1 heterocycles. The van der Waals surface area contributed by atoms with Crippen LogP contribution < -0.4 is 5.32 Å². The zero-order chi connectivity index (χ0) is 15.8. The largest absolute Gasteiger partial charge is 0.346 e. The average Bonchev–Trinajstić information content (AvgIpc) is 2.76. The highest BCUT2D eigenvalue weighted by Gasteiger charge is 2.25. The minimum Gasteiger partial charge on any atom is -0.346 e. The first-order chi connectivity index (χ1) is 10.7. The number of benzene rings is 1. The van der Waals surface area contributed by atoms with Crippen molar-refractivity contribution in [2.75, 3.05) is 0 Å². The van der Waals surface area contributed by atoms with Gasteiger partial charge in [-0.1, -0.05) is 56.9 Å². The third kappa shape index (κ3) is 4.69. The van der Waals surface area contributed by atoms with Gasteiger partial charge in [0, 0.05) is 12.0 Å².